The van der Waals surface area contributed by atoms with Gasteiger partial charge in [0, 0.05) is 6.54 Å². The third kappa shape index (κ3) is 2.24. The molecule has 2 N–H and O–H groups in total. The van der Waals surface area contributed by atoms with Crippen molar-refractivity contribution in [1.29, 1.82) is 0 Å². The highest BCUT2D eigenvalue weighted by Crippen LogP contribution is 2.26. The van der Waals surface area contributed by atoms with Crippen LogP contribution >= 0.6 is 0 Å². The molecule has 0 aliphatic heterocycles. The highest BCUT2D eigenvalue weighted by molar-refractivity contribution is 5.33. The van der Waals surface area contributed by atoms with Gasteiger partial charge in [-0.05, 0) is 24.1 Å². The summed E-state index contributed by atoms with van der Waals surface area (Å²) in [6.45, 7) is 1.44. The minimum absolute atomic E-state index is 0.0290. The fraction of sp³-hybridized carbons (Fsp3) is 0.333. The fourth-order valence-corrected chi connectivity index (χ4v) is 1.30. The molecule has 0 aliphatic rings. The number of benzene rings is 1. The van der Waals surface area contributed by atoms with Crippen LogP contribution in [0.4, 0.5) is 13.2 Å². The minimum atomic E-state index is -2.81. The van der Waals surface area contributed by atoms with Crippen molar-refractivity contribution in [2.75, 3.05) is 0 Å². The van der Waals surface area contributed by atoms with E-state index in [1.165, 1.54) is 13.0 Å². The van der Waals surface area contributed by atoms with Crippen LogP contribution < -0.4 is 5.48 Å². The van der Waals surface area contributed by atoms with Crippen molar-refractivity contribution in [1.82, 2.24) is 5.48 Å². The van der Waals surface area contributed by atoms with Crippen LogP contribution in [0.15, 0.2) is 12.1 Å². The third-order valence-electron chi connectivity index (χ3n) is 1.90. The van der Waals surface area contributed by atoms with Crippen molar-refractivity contribution < 1.29 is 18.4 Å². The number of nitrogens with one attached hydrogen (secondary N) is 1. The first-order chi connectivity index (χ1) is 6.56. The van der Waals surface area contributed by atoms with Gasteiger partial charge in [0.2, 0.25) is 0 Å². The van der Waals surface area contributed by atoms with Gasteiger partial charge in [0.15, 0.2) is 0 Å². The molecule has 1 aromatic rings. The predicted molar refractivity (Wildman–Crippen MR) is 44.7 cm³/mol. The second kappa shape index (κ2) is 4.43. The van der Waals surface area contributed by atoms with Crippen molar-refractivity contribution in [3.05, 3.63) is 34.6 Å². The molecule has 0 saturated heterocycles. The molecule has 0 aromatic heterocycles. The number of alkyl halides is 2. The Morgan fingerprint density at radius 2 is 2.07 bits per heavy atom. The number of rotatable bonds is 3. The first kappa shape index (κ1) is 11.0. The van der Waals surface area contributed by atoms with Gasteiger partial charge in [-0.1, -0.05) is 6.07 Å². The van der Waals surface area contributed by atoms with Crippen LogP contribution in [0.2, 0.25) is 0 Å². The van der Waals surface area contributed by atoms with Crippen LogP contribution in [-0.4, -0.2) is 5.21 Å². The van der Waals surface area contributed by atoms with Crippen molar-refractivity contribution in [2.45, 2.75) is 19.9 Å². The molecule has 0 bridgehead atoms. The van der Waals surface area contributed by atoms with E-state index in [1.807, 2.05) is 5.48 Å². The van der Waals surface area contributed by atoms with Crippen LogP contribution in [0.3, 0.4) is 0 Å². The Labute approximate surface area is 79.3 Å². The van der Waals surface area contributed by atoms with E-state index in [1.54, 1.807) is 0 Å². The molecule has 0 unspecified atom stereocenters. The number of halogens is 3. The molecular weight excluding hydrogens is 195 g/mol. The van der Waals surface area contributed by atoms with E-state index in [0.29, 0.717) is 5.56 Å². The third-order valence-corrected chi connectivity index (χ3v) is 1.90. The zero-order valence-corrected chi connectivity index (χ0v) is 7.52. The first-order valence-corrected chi connectivity index (χ1v) is 4.00. The minimum Gasteiger partial charge on any atom is -0.316 e. The molecule has 2 nitrogen and oxygen atoms in total. The van der Waals surface area contributed by atoms with Gasteiger partial charge >= 0.3 is 0 Å². The average molecular weight is 205 g/mol. The molecule has 0 amide bonds. The van der Waals surface area contributed by atoms with Gasteiger partial charge in [-0.3, -0.25) is 0 Å². The highest BCUT2D eigenvalue weighted by Gasteiger charge is 2.16. The van der Waals surface area contributed by atoms with Crippen LogP contribution in [0.5, 0.6) is 0 Å². The SMILES string of the molecule is Cc1cc(CNO)cc(F)c1C(F)F. The summed E-state index contributed by atoms with van der Waals surface area (Å²) in [6.07, 6.45) is -2.81. The lowest BCUT2D eigenvalue weighted by Crippen LogP contribution is -2.08. The Morgan fingerprint density at radius 1 is 1.43 bits per heavy atom. The standard InChI is InChI=1S/C9H10F3NO/c1-5-2-6(4-13-14)3-7(10)8(5)9(11)12/h2-3,9,13-14H,4H2,1H3. The van der Waals surface area contributed by atoms with E-state index in [9.17, 15) is 13.2 Å². The van der Waals surface area contributed by atoms with Gasteiger partial charge in [-0.15, -0.1) is 0 Å². The summed E-state index contributed by atoms with van der Waals surface area (Å²) in [7, 11) is 0. The Kier molecular flexibility index (Phi) is 3.49. The Hall–Kier alpha value is -1.07. The van der Waals surface area contributed by atoms with Crippen LogP contribution in [0, 0.1) is 12.7 Å². The maximum absolute atomic E-state index is 13.1. The number of hydroxylamine groups is 1. The molecule has 0 radical (unpaired) electrons. The molecule has 1 rings (SSSR count). The molecule has 1 aromatic carbocycles. The molecule has 78 valence electrons. The summed E-state index contributed by atoms with van der Waals surface area (Å²) in [5, 5.41) is 8.36. The molecule has 0 heterocycles. The molecule has 0 saturated carbocycles. The smallest absolute Gasteiger partial charge is 0.266 e. The summed E-state index contributed by atoms with van der Waals surface area (Å²) in [5.74, 6) is -0.940. The zero-order valence-electron chi connectivity index (χ0n) is 7.52. The number of hydrogen-bond acceptors (Lipinski definition) is 2. The summed E-state index contributed by atoms with van der Waals surface area (Å²) in [6, 6.07) is 2.39. The quantitative estimate of drug-likeness (QED) is 0.743. The summed E-state index contributed by atoms with van der Waals surface area (Å²) < 4.78 is 37.7. The lowest BCUT2D eigenvalue weighted by molar-refractivity contribution is 0.145. The second-order valence-corrected chi connectivity index (χ2v) is 2.94. The van der Waals surface area contributed by atoms with Gasteiger partial charge in [-0.2, -0.15) is 0 Å². The van der Waals surface area contributed by atoms with Crippen LogP contribution in [0.1, 0.15) is 23.1 Å². The monoisotopic (exact) mass is 205 g/mol. The van der Waals surface area contributed by atoms with Gasteiger partial charge in [0.05, 0.1) is 5.56 Å². The van der Waals surface area contributed by atoms with Crippen molar-refractivity contribution in [2.24, 2.45) is 0 Å². The Morgan fingerprint density at radius 3 is 2.50 bits per heavy atom. The maximum atomic E-state index is 13.1. The predicted octanol–water partition coefficient (Wildman–Crippen LogP) is 2.55. The lowest BCUT2D eigenvalue weighted by atomic mass is 10.0. The van der Waals surface area contributed by atoms with E-state index < -0.39 is 17.8 Å². The molecular formula is C9H10F3NO. The zero-order chi connectivity index (χ0) is 10.7. The summed E-state index contributed by atoms with van der Waals surface area (Å²) >= 11 is 0. The van der Waals surface area contributed by atoms with Crippen LogP contribution in [-0.2, 0) is 6.54 Å². The largest absolute Gasteiger partial charge is 0.316 e. The topological polar surface area (TPSA) is 32.3 Å². The molecule has 14 heavy (non-hydrogen) atoms. The van der Waals surface area contributed by atoms with E-state index in [0.717, 1.165) is 6.07 Å². The average Bonchev–Trinajstić information content (AvgIpc) is 2.01. The summed E-state index contributed by atoms with van der Waals surface area (Å²) in [5.41, 5.74) is 1.86. The summed E-state index contributed by atoms with van der Waals surface area (Å²) in [4.78, 5) is 0. The van der Waals surface area contributed by atoms with E-state index in [-0.39, 0.29) is 12.1 Å². The molecule has 0 atom stereocenters. The number of aryl methyl sites for hydroxylation is 1. The Bertz CT molecular complexity index is 305. The molecule has 0 spiro atoms. The van der Waals surface area contributed by atoms with Crippen molar-refractivity contribution in [3.8, 4) is 0 Å². The van der Waals surface area contributed by atoms with Gasteiger partial charge in [0.25, 0.3) is 6.43 Å². The maximum Gasteiger partial charge on any atom is 0.266 e. The normalized spacial score (nSPS) is 11.0. The molecule has 5 heteroatoms. The van der Waals surface area contributed by atoms with Crippen molar-refractivity contribution in [3.63, 3.8) is 0 Å². The fourth-order valence-electron chi connectivity index (χ4n) is 1.30. The van der Waals surface area contributed by atoms with Gasteiger partial charge in [-0.25, -0.2) is 18.7 Å². The number of hydrogen-bond donors (Lipinski definition) is 2. The van der Waals surface area contributed by atoms with Gasteiger partial charge < -0.3 is 5.21 Å². The van der Waals surface area contributed by atoms with E-state index in [4.69, 9.17) is 5.21 Å². The lowest BCUT2D eigenvalue weighted by Gasteiger charge is -2.08. The molecule has 0 aliphatic carbocycles. The van der Waals surface area contributed by atoms with Crippen molar-refractivity contribution >= 4 is 0 Å². The molecule has 0 fully saturated rings. The van der Waals surface area contributed by atoms with E-state index >= 15 is 0 Å². The Balaban J connectivity index is 3.11. The van der Waals surface area contributed by atoms with Crippen LogP contribution in [0.25, 0.3) is 0 Å². The highest BCUT2D eigenvalue weighted by atomic mass is 19.3. The van der Waals surface area contributed by atoms with E-state index in [2.05, 4.69) is 0 Å². The second-order valence-electron chi connectivity index (χ2n) is 2.94. The first-order valence-electron chi connectivity index (χ1n) is 4.00. The van der Waals surface area contributed by atoms with Gasteiger partial charge in [0.1, 0.15) is 5.82 Å².